The van der Waals surface area contributed by atoms with Crippen molar-refractivity contribution in [3.63, 3.8) is 0 Å². The van der Waals surface area contributed by atoms with Crippen LogP contribution in [-0.4, -0.2) is 9.97 Å². The van der Waals surface area contributed by atoms with Crippen molar-refractivity contribution >= 4 is 21.5 Å². The summed E-state index contributed by atoms with van der Waals surface area (Å²) < 4.78 is 6.72. The van der Waals surface area contributed by atoms with Crippen LogP contribution in [0.2, 0.25) is 0 Å². The van der Waals surface area contributed by atoms with Gasteiger partial charge in [-0.05, 0) is 91.3 Å². The molecule has 2 heterocycles. The summed E-state index contributed by atoms with van der Waals surface area (Å²) in [5.74, 6) is 2.45. The van der Waals surface area contributed by atoms with Crippen LogP contribution in [0.3, 0.4) is 0 Å². The van der Waals surface area contributed by atoms with Crippen molar-refractivity contribution in [2.24, 2.45) is 0 Å². The van der Waals surface area contributed by atoms with Crippen LogP contribution in [0.25, 0.3) is 77.7 Å². The second-order valence-electron chi connectivity index (χ2n) is 15.3. The van der Waals surface area contributed by atoms with E-state index in [9.17, 15) is 0 Å². The number of hydrogen-bond acceptors (Lipinski definition) is 3. The first kappa shape index (κ1) is 32.6. The van der Waals surface area contributed by atoms with Gasteiger partial charge in [0.1, 0.15) is 11.5 Å². The van der Waals surface area contributed by atoms with E-state index in [4.69, 9.17) is 14.7 Å². The number of rotatable bonds is 4. The van der Waals surface area contributed by atoms with Gasteiger partial charge in [-0.15, -0.1) is 0 Å². The van der Waals surface area contributed by atoms with E-state index in [0.29, 0.717) is 5.82 Å². The number of fused-ring (bicyclic) bond motifs is 12. The highest BCUT2D eigenvalue weighted by Gasteiger charge is 2.51. The van der Waals surface area contributed by atoms with E-state index in [2.05, 4.69) is 200 Å². The average Bonchev–Trinajstić information content (AvgIpc) is 3.59. The molecule has 9 aromatic carbocycles. The Labute approximate surface area is 336 Å². The monoisotopic (exact) mass is 738 g/mol. The highest BCUT2D eigenvalue weighted by molar-refractivity contribution is 6.08. The molecule has 1 spiro atoms. The van der Waals surface area contributed by atoms with E-state index in [1.807, 2.05) is 6.07 Å². The van der Waals surface area contributed by atoms with Crippen molar-refractivity contribution in [1.29, 1.82) is 0 Å². The smallest absolute Gasteiger partial charge is 0.160 e. The van der Waals surface area contributed by atoms with E-state index in [1.54, 1.807) is 0 Å². The Hall–Kier alpha value is -7.62. The first-order valence-electron chi connectivity index (χ1n) is 19.8. The second kappa shape index (κ2) is 12.7. The third kappa shape index (κ3) is 4.87. The first-order chi connectivity index (χ1) is 28.7. The van der Waals surface area contributed by atoms with Gasteiger partial charge < -0.3 is 4.74 Å². The molecule has 0 bridgehead atoms. The minimum atomic E-state index is -0.529. The molecule has 0 N–H and O–H groups in total. The van der Waals surface area contributed by atoms with Crippen molar-refractivity contribution in [2.75, 3.05) is 0 Å². The third-order valence-corrected chi connectivity index (χ3v) is 12.1. The van der Waals surface area contributed by atoms with Gasteiger partial charge in [0.05, 0.1) is 16.8 Å². The summed E-state index contributed by atoms with van der Waals surface area (Å²) in [4.78, 5) is 10.5. The minimum absolute atomic E-state index is 0.529. The van der Waals surface area contributed by atoms with E-state index in [0.717, 1.165) is 61.8 Å². The molecule has 3 heteroatoms. The molecule has 0 fully saturated rings. The zero-order chi connectivity index (χ0) is 38.2. The standard InChI is InChI=1S/C55H34N2O/c1-2-14-36(15-3-1)50-34-51(40-27-29-43-39(32-40)26-25-35-13-4-5-18-42(35)43)57-54(56-50)41-17-12-16-37(31-41)38-28-30-53-49(33-38)55(48-23-10-11-24-52(48)58-53)46-21-8-6-19-44(46)45-20-7-9-22-47(45)55/h1-34H. The Kier molecular flexibility index (Phi) is 7.14. The zero-order valence-electron chi connectivity index (χ0n) is 31.4. The summed E-state index contributed by atoms with van der Waals surface area (Å²) >= 11 is 0. The molecular weight excluding hydrogens is 705 g/mol. The lowest BCUT2D eigenvalue weighted by molar-refractivity contribution is 0.436. The summed E-state index contributed by atoms with van der Waals surface area (Å²) in [6.45, 7) is 0. The Balaban J connectivity index is 1.01. The highest BCUT2D eigenvalue weighted by atomic mass is 16.5. The number of hydrogen-bond donors (Lipinski definition) is 0. The Bertz CT molecular complexity index is 3230. The van der Waals surface area contributed by atoms with Crippen molar-refractivity contribution in [3.8, 4) is 67.7 Å². The van der Waals surface area contributed by atoms with Crippen LogP contribution >= 0.6 is 0 Å². The topological polar surface area (TPSA) is 35.0 Å². The molecule has 0 radical (unpaired) electrons. The van der Waals surface area contributed by atoms with Gasteiger partial charge in [0.25, 0.3) is 0 Å². The quantitative estimate of drug-likeness (QED) is 0.169. The molecule has 270 valence electrons. The molecule has 1 aromatic heterocycles. The molecule has 12 rings (SSSR count). The lowest BCUT2D eigenvalue weighted by Crippen LogP contribution is -2.32. The van der Waals surface area contributed by atoms with Gasteiger partial charge in [0.2, 0.25) is 0 Å². The largest absolute Gasteiger partial charge is 0.457 e. The molecule has 58 heavy (non-hydrogen) atoms. The molecule has 0 saturated heterocycles. The normalized spacial score (nSPS) is 13.1. The Morgan fingerprint density at radius 2 is 0.914 bits per heavy atom. The van der Waals surface area contributed by atoms with Gasteiger partial charge in [-0.25, -0.2) is 9.97 Å². The van der Waals surface area contributed by atoms with E-state index >= 15 is 0 Å². The van der Waals surface area contributed by atoms with Crippen LogP contribution in [0.1, 0.15) is 22.3 Å². The highest BCUT2D eigenvalue weighted by Crippen LogP contribution is 2.62. The molecule has 10 aromatic rings. The van der Waals surface area contributed by atoms with Gasteiger partial charge in [-0.2, -0.15) is 0 Å². The van der Waals surface area contributed by atoms with Crippen molar-refractivity contribution in [3.05, 3.63) is 229 Å². The van der Waals surface area contributed by atoms with Gasteiger partial charge in [0.15, 0.2) is 5.82 Å². The Morgan fingerprint density at radius 1 is 0.328 bits per heavy atom. The summed E-state index contributed by atoms with van der Waals surface area (Å²) in [5, 5.41) is 4.91. The first-order valence-corrected chi connectivity index (χ1v) is 19.8. The molecular formula is C55H34N2O. The van der Waals surface area contributed by atoms with Gasteiger partial charge >= 0.3 is 0 Å². The lowest BCUT2D eigenvalue weighted by atomic mass is 9.66. The van der Waals surface area contributed by atoms with E-state index in [-0.39, 0.29) is 0 Å². The fourth-order valence-corrected chi connectivity index (χ4v) is 9.53. The van der Waals surface area contributed by atoms with Gasteiger partial charge in [0, 0.05) is 27.8 Å². The fraction of sp³-hybridized carbons (Fsp3) is 0.0182. The van der Waals surface area contributed by atoms with Crippen molar-refractivity contribution in [1.82, 2.24) is 9.97 Å². The molecule has 1 aliphatic carbocycles. The van der Waals surface area contributed by atoms with E-state index < -0.39 is 5.41 Å². The average molecular weight is 739 g/mol. The summed E-state index contributed by atoms with van der Waals surface area (Å²) in [7, 11) is 0. The predicted molar refractivity (Wildman–Crippen MR) is 236 cm³/mol. The minimum Gasteiger partial charge on any atom is -0.457 e. The van der Waals surface area contributed by atoms with Crippen LogP contribution in [0, 0.1) is 0 Å². The zero-order valence-corrected chi connectivity index (χ0v) is 31.4. The maximum atomic E-state index is 6.72. The fourth-order valence-electron chi connectivity index (χ4n) is 9.53. The van der Waals surface area contributed by atoms with E-state index in [1.165, 1.54) is 43.8 Å². The summed E-state index contributed by atoms with van der Waals surface area (Å²) in [6.07, 6.45) is 0. The number of aromatic nitrogens is 2. The third-order valence-electron chi connectivity index (χ3n) is 12.1. The maximum absolute atomic E-state index is 6.72. The van der Waals surface area contributed by atoms with Crippen LogP contribution in [0.4, 0.5) is 0 Å². The number of nitrogens with zero attached hydrogens (tertiary/aromatic N) is 2. The number of benzene rings is 9. The molecule has 2 aliphatic rings. The van der Waals surface area contributed by atoms with Crippen LogP contribution in [-0.2, 0) is 5.41 Å². The van der Waals surface area contributed by atoms with Crippen LogP contribution in [0.5, 0.6) is 11.5 Å². The second-order valence-corrected chi connectivity index (χ2v) is 15.3. The lowest BCUT2D eigenvalue weighted by Gasteiger charge is -2.39. The predicted octanol–water partition coefficient (Wildman–Crippen LogP) is 13.9. The van der Waals surface area contributed by atoms with Gasteiger partial charge in [-0.1, -0.05) is 170 Å². The number of para-hydroxylation sites is 1. The van der Waals surface area contributed by atoms with Crippen LogP contribution < -0.4 is 4.74 Å². The van der Waals surface area contributed by atoms with Crippen molar-refractivity contribution < 1.29 is 4.74 Å². The molecule has 1 aliphatic heterocycles. The SMILES string of the molecule is c1ccc(-c2cc(-c3ccc4c(ccc5ccccc54)c3)nc(-c3cccc(-c4ccc5c(c4)C4(c6ccccc6O5)c5ccccc5-c5ccccc54)c3)n2)cc1. The Morgan fingerprint density at radius 3 is 1.74 bits per heavy atom. The van der Waals surface area contributed by atoms with Crippen LogP contribution in [0.15, 0.2) is 206 Å². The summed E-state index contributed by atoms with van der Waals surface area (Å²) in [5.41, 5.74) is 13.9. The molecule has 0 unspecified atom stereocenters. The number of ether oxygens (including phenoxy) is 1. The maximum Gasteiger partial charge on any atom is 0.160 e. The molecule has 0 amide bonds. The molecule has 0 atom stereocenters. The van der Waals surface area contributed by atoms with Gasteiger partial charge in [-0.3, -0.25) is 0 Å². The molecule has 3 nitrogen and oxygen atoms in total. The summed E-state index contributed by atoms with van der Waals surface area (Å²) in [6, 6.07) is 73.7. The molecule has 0 saturated carbocycles. The van der Waals surface area contributed by atoms with Crippen molar-refractivity contribution in [2.45, 2.75) is 5.41 Å².